The molecule has 0 N–H and O–H groups in total. The lowest BCUT2D eigenvalue weighted by atomic mass is 10.2. The quantitative estimate of drug-likeness (QED) is 0.517. The molecule has 0 saturated heterocycles. The fraction of sp³-hybridized carbons (Fsp3) is 0.278. The number of hydrogen-bond donors (Lipinski definition) is 0. The van der Waals surface area contributed by atoms with Crippen LogP contribution in [-0.4, -0.2) is 17.5 Å². The van der Waals surface area contributed by atoms with Gasteiger partial charge in [0.1, 0.15) is 10.5 Å². The largest absolute Gasteiger partial charge is 0.481 e. The van der Waals surface area contributed by atoms with Crippen molar-refractivity contribution < 1.29 is 13.9 Å². The number of ether oxygens (including phenoxy) is 1. The van der Waals surface area contributed by atoms with Crippen molar-refractivity contribution in [2.24, 2.45) is 4.99 Å². The van der Waals surface area contributed by atoms with E-state index in [1.165, 1.54) is 17.4 Å². The number of ketones is 1. The Bertz CT molecular complexity index is 1060. The first-order chi connectivity index (χ1) is 12.1. The lowest BCUT2D eigenvalue weighted by Gasteiger charge is -2.05. The van der Waals surface area contributed by atoms with Gasteiger partial charge in [-0.15, -0.1) is 0 Å². The summed E-state index contributed by atoms with van der Waals surface area (Å²) in [6.45, 7) is 4.44. The smallest absolute Gasteiger partial charge is 0.336 e. The summed E-state index contributed by atoms with van der Waals surface area (Å²) in [7, 11) is 1.56. The van der Waals surface area contributed by atoms with E-state index >= 15 is 0 Å². The number of carbonyl (C=O) groups is 1. The van der Waals surface area contributed by atoms with Gasteiger partial charge in [0.25, 0.3) is 0 Å². The number of fused-ring (bicyclic) bond motifs is 1. The van der Waals surface area contributed by atoms with E-state index in [9.17, 15) is 9.59 Å². The van der Waals surface area contributed by atoms with E-state index in [4.69, 9.17) is 9.15 Å². The Balaban J connectivity index is 2.18. The Kier molecular flexibility index (Phi) is 4.85. The number of methoxy groups -OCH3 is 1. The van der Waals surface area contributed by atoms with Crippen molar-refractivity contribution in [3.05, 3.63) is 50.4 Å². The van der Waals surface area contributed by atoms with Crippen LogP contribution >= 0.6 is 11.3 Å². The summed E-state index contributed by atoms with van der Waals surface area (Å²) in [5.41, 5.74) is 0.843. The molecule has 0 aliphatic carbocycles. The van der Waals surface area contributed by atoms with E-state index in [1.54, 1.807) is 25.3 Å². The molecule has 0 spiro atoms. The number of hydrogen-bond acceptors (Lipinski definition) is 6. The van der Waals surface area contributed by atoms with Crippen LogP contribution in [0.3, 0.4) is 0 Å². The van der Waals surface area contributed by atoms with Crippen LogP contribution < -0.4 is 15.2 Å². The molecule has 1 aromatic carbocycles. The number of thiazole rings is 1. The summed E-state index contributed by atoms with van der Waals surface area (Å²) < 4.78 is 12.4. The first kappa shape index (κ1) is 17.2. The van der Waals surface area contributed by atoms with Crippen molar-refractivity contribution in [1.82, 2.24) is 4.57 Å². The van der Waals surface area contributed by atoms with Gasteiger partial charge in [-0.25, -0.2) is 9.79 Å². The van der Waals surface area contributed by atoms with Crippen molar-refractivity contribution in [2.45, 2.75) is 26.8 Å². The number of aromatic nitrogens is 1. The summed E-state index contributed by atoms with van der Waals surface area (Å²) in [6, 6.07) is 8.42. The monoisotopic (exact) mass is 358 g/mol. The predicted octanol–water partition coefficient (Wildman–Crippen LogP) is 3.51. The van der Waals surface area contributed by atoms with Gasteiger partial charge in [-0.05, 0) is 31.2 Å². The first-order valence-electron chi connectivity index (χ1n) is 7.96. The lowest BCUT2D eigenvalue weighted by Crippen LogP contribution is -2.14. The van der Waals surface area contributed by atoms with Crippen LogP contribution in [0.25, 0.3) is 11.0 Å². The molecule has 7 heteroatoms. The summed E-state index contributed by atoms with van der Waals surface area (Å²) in [4.78, 5) is 29.4. The Morgan fingerprint density at radius 2 is 2.08 bits per heavy atom. The molecule has 0 aliphatic rings. The molecule has 2 aromatic heterocycles. The number of carbonyl (C=O) groups excluding carboxylic acids is 1. The highest BCUT2D eigenvalue weighted by molar-refractivity contribution is 7.11. The van der Waals surface area contributed by atoms with Crippen LogP contribution in [-0.2, 0) is 6.54 Å². The van der Waals surface area contributed by atoms with Gasteiger partial charge in [-0.2, -0.15) is 0 Å². The zero-order chi connectivity index (χ0) is 18.0. The van der Waals surface area contributed by atoms with Gasteiger partial charge in [-0.1, -0.05) is 18.3 Å². The SMILES string of the molecule is CCC(=O)c1sc(=Nc2ccc3oc(=O)ccc3c2)n(CC)c1OC. The van der Waals surface area contributed by atoms with Gasteiger partial charge in [0, 0.05) is 24.4 Å². The average Bonchev–Trinajstić information content (AvgIpc) is 2.98. The van der Waals surface area contributed by atoms with Crippen molar-refractivity contribution in [3.63, 3.8) is 0 Å². The van der Waals surface area contributed by atoms with Crippen LogP contribution in [0.1, 0.15) is 29.9 Å². The second-order valence-corrected chi connectivity index (χ2v) is 6.31. The number of Topliss-reactive ketones (excluding diaryl/α,β-unsaturated/α-hetero) is 1. The van der Waals surface area contributed by atoms with Crippen LogP contribution in [0, 0.1) is 0 Å². The lowest BCUT2D eigenvalue weighted by molar-refractivity contribution is 0.0988. The van der Waals surface area contributed by atoms with Crippen molar-refractivity contribution in [2.75, 3.05) is 7.11 Å². The number of rotatable bonds is 5. The fourth-order valence-corrected chi connectivity index (χ4v) is 3.74. The van der Waals surface area contributed by atoms with E-state index in [0.29, 0.717) is 39.8 Å². The molecule has 0 amide bonds. The van der Waals surface area contributed by atoms with Gasteiger partial charge in [0.05, 0.1) is 12.8 Å². The molecule has 0 unspecified atom stereocenters. The number of benzene rings is 1. The molecule has 0 aliphatic heterocycles. The molecule has 0 bridgehead atoms. The van der Waals surface area contributed by atoms with E-state index in [1.807, 2.05) is 24.5 Å². The minimum Gasteiger partial charge on any atom is -0.481 e. The molecule has 0 fully saturated rings. The molecule has 0 saturated carbocycles. The maximum absolute atomic E-state index is 12.2. The van der Waals surface area contributed by atoms with E-state index in [0.717, 1.165) is 5.39 Å². The predicted molar refractivity (Wildman–Crippen MR) is 96.9 cm³/mol. The minimum atomic E-state index is -0.383. The fourth-order valence-electron chi connectivity index (χ4n) is 2.54. The standard InChI is InChI=1S/C18H18N2O4S/c1-4-13(21)16-17(23-3)20(5-2)18(25-16)19-12-7-8-14-11(10-12)6-9-15(22)24-14/h6-10H,4-5H2,1-3H3. The molecular weight excluding hydrogens is 340 g/mol. The van der Waals surface area contributed by atoms with Crippen LogP contribution in [0.15, 0.2) is 44.5 Å². The molecule has 130 valence electrons. The first-order valence-corrected chi connectivity index (χ1v) is 8.78. The van der Waals surface area contributed by atoms with Crippen molar-refractivity contribution in [1.29, 1.82) is 0 Å². The Hall–Kier alpha value is -2.67. The highest BCUT2D eigenvalue weighted by Gasteiger charge is 2.18. The molecule has 6 nitrogen and oxygen atoms in total. The van der Waals surface area contributed by atoms with Crippen LogP contribution in [0.4, 0.5) is 5.69 Å². The zero-order valence-electron chi connectivity index (χ0n) is 14.2. The van der Waals surface area contributed by atoms with E-state index in [-0.39, 0.29) is 11.4 Å². The van der Waals surface area contributed by atoms with E-state index in [2.05, 4.69) is 4.99 Å². The Morgan fingerprint density at radius 3 is 2.76 bits per heavy atom. The summed E-state index contributed by atoms with van der Waals surface area (Å²) in [6.07, 6.45) is 0.412. The molecule has 0 radical (unpaired) electrons. The highest BCUT2D eigenvalue weighted by atomic mass is 32.1. The molecule has 25 heavy (non-hydrogen) atoms. The molecule has 3 aromatic rings. The second-order valence-electron chi connectivity index (χ2n) is 5.33. The van der Waals surface area contributed by atoms with Gasteiger partial charge in [0.2, 0.25) is 5.88 Å². The third-order valence-electron chi connectivity index (χ3n) is 3.78. The Labute approximate surface area is 148 Å². The summed E-state index contributed by atoms with van der Waals surface area (Å²) >= 11 is 1.32. The van der Waals surface area contributed by atoms with Crippen molar-refractivity contribution in [3.8, 4) is 5.88 Å². The van der Waals surface area contributed by atoms with Gasteiger partial charge in [-0.3, -0.25) is 9.36 Å². The number of nitrogens with zero attached hydrogens (tertiary/aromatic N) is 2. The van der Waals surface area contributed by atoms with Gasteiger partial charge in [0.15, 0.2) is 10.6 Å². The molecular formula is C18H18N2O4S. The minimum absolute atomic E-state index is 0.0331. The highest BCUT2D eigenvalue weighted by Crippen LogP contribution is 2.25. The van der Waals surface area contributed by atoms with E-state index < -0.39 is 0 Å². The average molecular weight is 358 g/mol. The normalized spacial score (nSPS) is 11.9. The van der Waals surface area contributed by atoms with Gasteiger partial charge < -0.3 is 9.15 Å². The third-order valence-corrected chi connectivity index (χ3v) is 4.88. The van der Waals surface area contributed by atoms with Crippen molar-refractivity contribution >= 4 is 33.8 Å². The maximum Gasteiger partial charge on any atom is 0.336 e. The zero-order valence-corrected chi connectivity index (χ0v) is 15.1. The molecule has 0 atom stereocenters. The molecule has 3 rings (SSSR count). The van der Waals surface area contributed by atoms with Crippen LogP contribution in [0.2, 0.25) is 0 Å². The summed E-state index contributed by atoms with van der Waals surface area (Å²) in [5.74, 6) is 0.579. The molecule has 2 heterocycles. The third kappa shape index (κ3) is 3.28. The topological polar surface area (TPSA) is 73.8 Å². The second kappa shape index (κ2) is 7.06. The van der Waals surface area contributed by atoms with Gasteiger partial charge >= 0.3 is 5.63 Å². The maximum atomic E-state index is 12.2. The Morgan fingerprint density at radius 1 is 1.28 bits per heavy atom. The van der Waals surface area contributed by atoms with Crippen LogP contribution in [0.5, 0.6) is 5.88 Å². The summed E-state index contributed by atoms with van der Waals surface area (Å²) in [5, 5.41) is 0.789.